The van der Waals surface area contributed by atoms with Crippen molar-refractivity contribution in [3.63, 3.8) is 0 Å². The fourth-order valence-electron chi connectivity index (χ4n) is 3.48. The molecule has 1 saturated carbocycles. The lowest BCUT2D eigenvalue weighted by Gasteiger charge is -2.15. The molecule has 0 saturated heterocycles. The molecule has 1 aliphatic rings. The Hall–Kier alpha value is -3.48. The van der Waals surface area contributed by atoms with E-state index in [9.17, 15) is 18.0 Å². The molecule has 0 unspecified atom stereocenters. The molecule has 32 heavy (non-hydrogen) atoms. The topological polar surface area (TPSA) is 141 Å². The molecule has 4 rings (SSSR count). The van der Waals surface area contributed by atoms with Gasteiger partial charge in [0.25, 0.3) is 0 Å². The number of nitrogens with zero attached hydrogens (tertiary/aromatic N) is 5. The van der Waals surface area contributed by atoms with Crippen molar-refractivity contribution >= 4 is 23.0 Å². The number of hydrogen-bond donors (Lipinski definition) is 3. The van der Waals surface area contributed by atoms with Gasteiger partial charge in [-0.05, 0) is 43.5 Å². The quantitative estimate of drug-likeness (QED) is 0.492. The van der Waals surface area contributed by atoms with Crippen LogP contribution in [0, 0.1) is 5.92 Å². The van der Waals surface area contributed by atoms with Crippen LogP contribution in [0.3, 0.4) is 0 Å². The van der Waals surface area contributed by atoms with Crippen LogP contribution in [0.5, 0.6) is 5.75 Å². The van der Waals surface area contributed by atoms with Gasteiger partial charge in [-0.25, -0.2) is 4.98 Å². The van der Waals surface area contributed by atoms with E-state index >= 15 is 0 Å². The molecule has 0 radical (unpaired) electrons. The number of fused-ring (bicyclic) bond motifs is 1. The molecule has 1 fully saturated rings. The van der Waals surface area contributed by atoms with Crippen LogP contribution in [0.1, 0.15) is 19.3 Å². The summed E-state index contributed by atoms with van der Waals surface area (Å²) >= 11 is 0. The molecule has 0 aliphatic heterocycles. The lowest BCUT2D eigenvalue weighted by Crippen LogP contribution is -2.34. The number of carbonyl (C=O) groups excluding carboxylic acids is 1. The van der Waals surface area contributed by atoms with E-state index in [0.717, 1.165) is 6.42 Å². The van der Waals surface area contributed by atoms with Crippen molar-refractivity contribution in [3.05, 3.63) is 30.5 Å². The zero-order valence-corrected chi connectivity index (χ0v) is 16.7. The van der Waals surface area contributed by atoms with E-state index in [4.69, 9.17) is 15.6 Å². The van der Waals surface area contributed by atoms with Crippen LogP contribution >= 0.6 is 0 Å². The summed E-state index contributed by atoms with van der Waals surface area (Å²) < 4.78 is 43.6. The van der Waals surface area contributed by atoms with Crippen molar-refractivity contribution < 1.29 is 27.8 Å². The molecule has 2 heterocycles. The Labute approximate surface area is 179 Å². The van der Waals surface area contributed by atoms with E-state index in [1.807, 2.05) is 0 Å². The number of primary amides is 1. The highest BCUT2D eigenvalue weighted by Crippen LogP contribution is 2.27. The third-order valence-electron chi connectivity index (χ3n) is 5.23. The van der Waals surface area contributed by atoms with Crippen molar-refractivity contribution in [1.29, 1.82) is 0 Å². The number of anilines is 1. The second-order valence-electron chi connectivity index (χ2n) is 7.52. The van der Waals surface area contributed by atoms with Crippen molar-refractivity contribution in [3.8, 4) is 11.4 Å². The van der Waals surface area contributed by atoms with Gasteiger partial charge in [0.2, 0.25) is 11.9 Å². The van der Waals surface area contributed by atoms with Crippen LogP contribution in [-0.4, -0.2) is 60.9 Å². The molecule has 0 bridgehead atoms. The van der Waals surface area contributed by atoms with Crippen molar-refractivity contribution in [2.75, 3.05) is 11.9 Å². The number of rotatable bonds is 7. The van der Waals surface area contributed by atoms with E-state index in [2.05, 4.69) is 25.6 Å². The van der Waals surface area contributed by atoms with Gasteiger partial charge in [-0.1, -0.05) is 5.21 Å². The number of aliphatic hydroxyl groups excluding tert-OH is 1. The summed E-state index contributed by atoms with van der Waals surface area (Å²) in [6.07, 6.45) is -3.70. The summed E-state index contributed by atoms with van der Waals surface area (Å²) in [4.78, 5) is 20.1. The number of carbonyl (C=O) groups is 1. The first-order valence-corrected chi connectivity index (χ1v) is 9.83. The first kappa shape index (κ1) is 21.7. The molecule has 3 aromatic rings. The Kier molecular flexibility index (Phi) is 5.82. The van der Waals surface area contributed by atoms with Crippen molar-refractivity contribution in [2.24, 2.45) is 11.7 Å². The van der Waals surface area contributed by atoms with E-state index < -0.39 is 18.9 Å². The molecule has 0 spiro atoms. The lowest BCUT2D eigenvalue weighted by atomic mass is 10.1. The number of nitrogens with one attached hydrogen (secondary N) is 1. The van der Waals surface area contributed by atoms with Crippen LogP contribution in [0.25, 0.3) is 16.9 Å². The van der Waals surface area contributed by atoms with Gasteiger partial charge in [0.05, 0.1) is 11.9 Å². The highest BCUT2D eigenvalue weighted by Gasteiger charge is 2.38. The lowest BCUT2D eigenvalue weighted by molar-refractivity contribution is -0.210. The summed E-state index contributed by atoms with van der Waals surface area (Å²) in [6.45, 7) is -0.908. The number of ether oxygens (including phenoxy) is 1. The number of nitrogens with two attached hydrogens (primary N) is 1. The van der Waals surface area contributed by atoms with Crippen LogP contribution in [0.2, 0.25) is 0 Å². The fourth-order valence-corrected chi connectivity index (χ4v) is 3.48. The van der Waals surface area contributed by atoms with Gasteiger partial charge >= 0.3 is 6.18 Å². The number of alkyl halides is 3. The molecule has 10 nitrogen and oxygen atoms in total. The maximum absolute atomic E-state index is 12.4. The predicted octanol–water partition coefficient (Wildman–Crippen LogP) is 1.58. The molecule has 2 aromatic heterocycles. The average molecular weight is 451 g/mol. The summed E-state index contributed by atoms with van der Waals surface area (Å²) in [7, 11) is 0. The van der Waals surface area contributed by atoms with Crippen LogP contribution in [0.15, 0.2) is 30.5 Å². The van der Waals surface area contributed by atoms with Gasteiger partial charge < -0.3 is 20.9 Å². The summed E-state index contributed by atoms with van der Waals surface area (Å²) in [5.74, 6) is 0.0376. The van der Waals surface area contributed by atoms with Gasteiger partial charge in [-0.3, -0.25) is 4.79 Å². The molecular weight excluding hydrogens is 431 g/mol. The maximum atomic E-state index is 12.4. The first-order chi connectivity index (χ1) is 15.2. The number of aliphatic hydroxyl groups is 1. The van der Waals surface area contributed by atoms with Gasteiger partial charge in [0, 0.05) is 12.0 Å². The standard InChI is InChI=1S/C19H20F3N7O3/c20-19(21,22)15(30)9-32-13-5-3-12(4-6-13)29-17-14(27-28-29)8-24-18(26-17)25-11-2-1-10(7-11)16(23)31/h3-6,8,10-11,15,30H,1-2,7,9H2,(H2,23,31)(H,24,25,26)/t10-,11-,15+/m1/s1. The second-order valence-corrected chi connectivity index (χ2v) is 7.52. The highest BCUT2D eigenvalue weighted by atomic mass is 19.4. The fraction of sp³-hybridized carbons (Fsp3) is 0.421. The van der Waals surface area contributed by atoms with E-state index in [1.165, 1.54) is 23.0 Å². The minimum atomic E-state index is -4.75. The predicted molar refractivity (Wildman–Crippen MR) is 106 cm³/mol. The molecule has 4 N–H and O–H groups in total. The minimum absolute atomic E-state index is 0.0257. The first-order valence-electron chi connectivity index (χ1n) is 9.83. The van der Waals surface area contributed by atoms with Crippen LogP contribution in [0.4, 0.5) is 19.1 Å². The third kappa shape index (κ3) is 4.72. The molecule has 3 atom stereocenters. The molecule has 1 aliphatic carbocycles. The molecular formula is C19H20F3N7O3. The third-order valence-corrected chi connectivity index (χ3v) is 5.23. The highest BCUT2D eigenvalue weighted by molar-refractivity contribution is 5.77. The second kappa shape index (κ2) is 8.57. The summed E-state index contributed by atoms with van der Waals surface area (Å²) in [5.41, 5.74) is 6.80. The summed E-state index contributed by atoms with van der Waals surface area (Å²) in [5, 5.41) is 20.3. The Morgan fingerprint density at radius 1 is 1.31 bits per heavy atom. The Morgan fingerprint density at radius 2 is 2.06 bits per heavy atom. The number of benzene rings is 1. The zero-order chi connectivity index (χ0) is 22.9. The maximum Gasteiger partial charge on any atom is 0.417 e. The van der Waals surface area contributed by atoms with Crippen molar-refractivity contribution in [1.82, 2.24) is 25.0 Å². The molecule has 13 heteroatoms. The van der Waals surface area contributed by atoms with Gasteiger partial charge in [0.15, 0.2) is 17.3 Å². The van der Waals surface area contributed by atoms with Crippen LogP contribution < -0.4 is 15.8 Å². The van der Waals surface area contributed by atoms with Gasteiger partial charge in [0.1, 0.15) is 12.4 Å². The number of hydrogen-bond acceptors (Lipinski definition) is 8. The van der Waals surface area contributed by atoms with Gasteiger partial charge in [-0.2, -0.15) is 22.8 Å². The van der Waals surface area contributed by atoms with E-state index in [0.29, 0.717) is 35.6 Å². The SMILES string of the molecule is NC(=O)[C@@H]1CC[C@@H](Nc2ncc3nnn(-c4ccc(OC[C@H](O)C(F)(F)F)cc4)c3n2)C1. The summed E-state index contributed by atoms with van der Waals surface area (Å²) in [6, 6.07) is 6.08. The van der Waals surface area contributed by atoms with Crippen molar-refractivity contribution in [2.45, 2.75) is 37.6 Å². The Balaban J connectivity index is 1.47. The van der Waals surface area contributed by atoms with E-state index in [-0.39, 0.29) is 23.6 Å². The monoisotopic (exact) mass is 451 g/mol. The smallest absolute Gasteiger partial charge is 0.417 e. The number of halogens is 3. The normalized spacial score (nSPS) is 19.8. The molecule has 1 amide bonds. The zero-order valence-electron chi connectivity index (χ0n) is 16.7. The minimum Gasteiger partial charge on any atom is -0.491 e. The van der Waals surface area contributed by atoms with E-state index in [1.54, 1.807) is 12.1 Å². The molecule has 1 aromatic carbocycles. The Bertz CT molecular complexity index is 1100. The Morgan fingerprint density at radius 3 is 2.72 bits per heavy atom. The van der Waals surface area contributed by atoms with Gasteiger partial charge in [-0.15, -0.1) is 5.10 Å². The average Bonchev–Trinajstić information content (AvgIpc) is 3.39. The molecule has 170 valence electrons. The van der Waals surface area contributed by atoms with Crippen LogP contribution in [-0.2, 0) is 4.79 Å². The number of amides is 1. The largest absolute Gasteiger partial charge is 0.491 e. The number of aromatic nitrogens is 5.